The highest BCUT2D eigenvalue weighted by molar-refractivity contribution is 5.94. The summed E-state index contributed by atoms with van der Waals surface area (Å²) < 4.78 is 18.9. The maximum atomic E-state index is 13.2. The molecule has 0 aliphatic rings. The van der Waals surface area contributed by atoms with E-state index in [1.165, 1.54) is 25.1 Å². The Morgan fingerprint density at radius 3 is 2.67 bits per heavy atom. The molecule has 0 atom stereocenters. The van der Waals surface area contributed by atoms with Crippen molar-refractivity contribution in [1.82, 2.24) is 0 Å². The second-order valence-corrected chi connectivity index (χ2v) is 4.74. The van der Waals surface area contributed by atoms with E-state index in [1.807, 2.05) is 13.0 Å². The quantitative estimate of drug-likeness (QED) is 0.802. The lowest BCUT2D eigenvalue weighted by molar-refractivity contribution is 0.101. The lowest BCUT2D eigenvalue weighted by atomic mass is 10.1. The largest absolute Gasteiger partial charge is 0.489 e. The van der Waals surface area contributed by atoms with Crippen LogP contribution < -0.4 is 4.74 Å². The van der Waals surface area contributed by atoms with E-state index < -0.39 is 5.82 Å². The van der Waals surface area contributed by atoms with Crippen molar-refractivity contribution in [2.45, 2.75) is 20.5 Å². The third-order valence-corrected chi connectivity index (χ3v) is 3.15. The molecule has 0 bridgehead atoms. The van der Waals surface area contributed by atoms with Crippen LogP contribution in [0.3, 0.4) is 0 Å². The number of hydrogen-bond acceptors (Lipinski definition) is 3. The summed E-state index contributed by atoms with van der Waals surface area (Å²) in [6.45, 7) is 3.43. The van der Waals surface area contributed by atoms with Gasteiger partial charge in [-0.1, -0.05) is 0 Å². The van der Waals surface area contributed by atoms with Crippen LogP contribution in [0, 0.1) is 24.1 Å². The number of nitrogens with zero attached hydrogens (tertiary/aromatic N) is 1. The van der Waals surface area contributed by atoms with Gasteiger partial charge < -0.3 is 4.74 Å². The van der Waals surface area contributed by atoms with Crippen LogP contribution in [0.25, 0.3) is 0 Å². The van der Waals surface area contributed by atoms with E-state index in [9.17, 15) is 9.18 Å². The molecule has 106 valence electrons. The summed E-state index contributed by atoms with van der Waals surface area (Å²) in [7, 11) is 0. The second-order valence-electron chi connectivity index (χ2n) is 4.74. The molecule has 0 N–H and O–H groups in total. The summed E-state index contributed by atoms with van der Waals surface area (Å²) in [6, 6.07) is 11.1. The van der Waals surface area contributed by atoms with E-state index in [-0.39, 0.29) is 12.4 Å². The van der Waals surface area contributed by atoms with E-state index >= 15 is 0 Å². The Hall–Kier alpha value is -2.67. The van der Waals surface area contributed by atoms with E-state index in [1.54, 1.807) is 18.2 Å². The van der Waals surface area contributed by atoms with Crippen molar-refractivity contribution in [1.29, 1.82) is 5.26 Å². The average molecular weight is 283 g/mol. The topological polar surface area (TPSA) is 50.1 Å². The number of ketones is 1. The molecule has 0 radical (unpaired) electrons. The molecule has 4 heteroatoms. The number of carbonyl (C=O) groups excluding carboxylic acids is 1. The molecule has 2 aromatic carbocycles. The fourth-order valence-electron chi connectivity index (χ4n) is 1.98. The molecule has 0 aliphatic carbocycles. The van der Waals surface area contributed by atoms with E-state index in [2.05, 4.69) is 0 Å². The molecule has 0 aromatic heterocycles. The van der Waals surface area contributed by atoms with Gasteiger partial charge in [-0.3, -0.25) is 4.79 Å². The second kappa shape index (κ2) is 6.19. The number of halogens is 1. The van der Waals surface area contributed by atoms with Crippen molar-refractivity contribution in [3.8, 4) is 11.8 Å². The van der Waals surface area contributed by atoms with Crippen molar-refractivity contribution in [2.24, 2.45) is 0 Å². The van der Waals surface area contributed by atoms with Gasteiger partial charge in [0.1, 0.15) is 18.2 Å². The molecular formula is C17H14FNO2. The molecule has 0 spiro atoms. The molecule has 21 heavy (non-hydrogen) atoms. The summed E-state index contributed by atoms with van der Waals surface area (Å²) in [5.74, 6) is 0.186. The molecule has 0 heterocycles. The number of nitriles is 1. The van der Waals surface area contributed by atoms with Crippen LogP contribution in [0.15, 0.2) is 36.4 Å². The maximum absolute atomic E-state index is 13.2. The summed E-state index contributed by atoms with van der Waals surface area (Å²) in [6.07, 6.45) is 0. The molecule has 0 saturated heterocycles. The standard InChI is InChI=1S/C17H14FNO2/c1-11-7-13(12(2)20)4-6-17(11)21-10-15-8-16(18)5-3-14(15)9-19/h3-8H,10H2,1-2H3. The van der Waals surface area contributed by atoms with Gasteiger partial charge in [0.15, 0.2) is 5.78 Å². The van der Waals surface area contributed by atoms with Crippen molar-refractivity contribution in [2.75, 3.05) is 0 Å². The van der Waals surface area contributed by atoms with Crippen LogP contribution in [0.1, 0.15) is 34.0 Å². The normalized spacial score (nSPS) is 10.0. The van der Waals surface area contributed by atoms with Gasteiger partial charge in [-0.2, -0.15) is 5.26 Å². The number of Topliss-reactive ketones (excluding diaryl/α,β-unsaturated/α-hetero) is 1. The zero-order valence-corrected chi connectivity index (χ0v) is 11.8. The molecule has 0 fully saturated rings. The first-order valence-corrected chi connectivity index (χ1v) is 6.44. The first-order chi connectivity index (χ1) is 10.0. The third kappa shape index (κ3) is 3.46. The minimum Gasteiger partial charge on any atom is -0.489 e. The molecule has 2 aromatic rings. The van der Waals surface area contributed by atoms with Crippen LogP contribution in [0.2, 0.25) is 0 Å². The Morgan fingerprint density at radius 1 is 1.29 bits per heavy atom. The minimum atomic E-state index is -0.406. The van der Waals surface area contributed by atoms with Crippen molar-refractivity contribution in [3.05, 3.63) is 64.5 Å². The zero-order chi connectivity index (χ0) is 15.4. The summed E-state index contributed by atoms with van der Waals surface area (Å²) in [4.78, 5) is 11.3. The SMILES string of the molecule is CC(=O)c1ccc(OCc2cc(F)ccc2C#N)c(C)c1. The number of carbonyl (C=O) groups is 1. The van der Waals surface area contributed by atoms with Crippen LogP contribution in [0.4, 0.5) is 4.39 Å². The summed E-state index contributed by atoms with van der Waals surface area (Å²) >= 11 is 0. The highest BCUT2D eigenvalue weighted by atomic mass is 19.1. The monoisotopic (exact) mass is 283 g/mol. The summed E-state index contributed by atoms with van der Waals surface area (Å²) in [5.41, 5.74) is 2.31. The van der Waals surface area contributed by atoms with Gasteiger partial charge in [-0.15, -0.1) is 0 Å². The fraction of sp³-hybridized carbons (Fsp3) is 0.176. The van der Waals surface area contributed by atoms with Gasteiger partial charge in [0.25, 0.3) is 0 Å². The highest BCUT2D eigenvalue weighted by Crippen LogP contribution is 2.21. The smallest absolute Gasteiger partial charge is 0.159 e. The predicted molar refractivity (Wildman–Crippen MR) is 76.6 cm³/mol. The summed E-state index contributed by atoms with van der Waals surface area (Å²) in [5, 5.41) is 8.99. The lowest BCUT2D eigenvalue weighted by Gasteiger charge is -2.11. The van der Waals surface area contributed by atoms with Gasteiger partial charge >= 0.3 is 0 Å². The van der Waals surface area contributed by atoms with Gasteiger partial charge in [0.2, 0.25) is 0 Å². The molecule has 3 nitrogen and oxygen atoms in total. The Morgan fingerprint density at radius 2 is 2.05 bits per heavy atom. The number of aryl methyl sites for hydroxylation is 1. The highest BCUT2D eigenvalue weighted by Gasteiger charge is 2.08. The van der Waals surface area contributed by atoms with Crippen molar-refractivity contribution >= 4 is 5.78 Å². The van der Waals surface area contributed by atoms with Crippen molar-refractivity contribution < 1.29 is 13.9 Å². The first kappa shape index (κ1) is 14.7. The first-order valence-electron chi connectivity index (χ1n) is 6.44. The maximum Gasteiger partial charge on any atom is 0.159 e. The van der Waals surface area contributed by atoms with Gasteiger partial charge in [-0.05, 0) is 55.8 Å². The lowest BCUT2D eigenvalue weighted by Crippen LogP contribution is -2.01. The number of ether oxygens (including phenoxy) is 1. The molecule has 0 saturated carbocycles. The Balaban J connectivity index is 2.19. The van der Waals surface area contributed by atoms with E-state index in [0.717, 1.165) is 5.56 Å². The number of hydrogen-bond donors (Lipinski definition) is 0. The van der Waals surface area contributed by atoms with Gasteiger partial charge in [0, 0.05) is 11.1 Å². The van der Waals surface area contributed by atoms with Crippen molar-refractivity contribution in [3.63, 3.8) is 0 Å². The molecule has 0 amide bonds. The number of rotatable bonds is 4. The van der Waals surface area contributed by atoms with Crippen LogP contribution in [-0.4, -0.2) is 5.78 Å². The predicted octanol–water partition coefficient (Wildman–Crippen LogP) is 3.79. The Kier molecular flexibility index (Phi) is 4.34. The van der Waals surface area contributed by atoms with Crippen LogP contribution in [0.5, 0.6) is 5.75 Å². The van der Waals surface area contributed by atoms with Gasteiger partial charge in [0.05, 0.1) is 11.6 Å². The number of benzene rings is 2. The van der Waals surface area contributed by atoms with E-state index in [4.69, 9.17) is 10.00 Å². The van der Waals surface area contributed by atoms with Gasteiger partial charge in [-0.25, -0.2) is 4.39 Å². The molecule has 2 rings (SSSR count). The molecular weight excluding hydrogens is 269 g/mol. The van der Waals surface area contributed by atoms with E-state index in [0.29, 0.717) is 22.4 Å². The minimum absolute atomic E-state index is 0.0125. The zero-order valence-electron chi connectivity index (χ0n) is 11.8. The molecule has 0 aliphatic heterocycles. The fourth-order valence-corrected chi connectivity index (χ4v) is 1.98. The van der Waals surface area contributed by atoms with Crippen LogP contribution in [-0.2, 0) is 6.61 Å². The average Bonchev–Trinajstić information content (AvgIpc) is 2.46. The molecule has 0 unspecified atom stereocenters. The Labute approximate surface area is 122 Å². The third-order valence-electron chi connectivity index (χ3n) is 3.15. The Bertz CT molecular complexity index is 732. The van der Waals surface area contributed by atoms with Crippen LogP contribution >= 0.6 is 0 Å².